The van der Waals surface area contributed by atoms with Crippen LogP contribution >= 0.6 is 23.2 Å². The van der Waals surface area contributed by atoms with Crippen LogP contribution in [0.15, 0.2) is 47.4 Å². The summed E-state index contributed by atoms with van der Waals surface area (Å²) in [5, 5.41) is 1.07. The predicted molar refractivity (Wildman–Crippen MR) is 108 cm³/mol. The minimum Gasteiger partial charge on any atom is -0.348 e. The van der Waals surface area contributed by atoms with Crippen molar-refractivity contribution in [3.05, 3.63) is 63.6 Å². The van der Waals surface area contributed by atoms with Crippen molar-refractivity contribution >= 4 is 33.3 Å². The van der Waals surface area contributed by atoms with Crippen LogP contribution in [0.25, 0.3) is 0 Å². The van der Waals surface area contributed by atoms with Crippen LogP contribution in [-0.2, 0) is 30.4 Å². The number of hydrogen-bond donors (Lipinski definition) is 0. The highest BCUT2D eigenvalue weighted by Gasteiger charge is 2.26. The molecule has 0 saturated carbocycles. The lowest BCUT2D eigenvalue weighted by molar-refractivity contribution is -0.204. The molecule has 3 rings (SSSR count). The van der Waals surface area contributed by atoms with Crippen LogP contribution in [0.5, 0.6) is 0 Å². The number of hydrogen-bond acceptors (Lipinski definition) is 5. The first-order valence-electron chi connectivity index (χ1n) is 9.01. The summed E-state index contributed by atoms with van der Waals surface area (Å²) < 4.78 is 41.5. The van der Waals surface area contributed by atoms with E-state index in [1.54, 1.807) is 30.3 Å². The molecule has 0 aliphatic carbocycles. The van der Waals surface area contributed by atoms with Crippen molar-refractivity contribution in [3.8, 4) is 0 Å². The highest BCUT2D eigenvalue weighted by molar-refractivity contribution is 7.86. The van der Waals surface area contributed by atoms with E-state index in [0.29, 0.717) is 28.5 Å². The molecule has 0 radical (unpaired) electrons. The summed E-state index contributed by atoms with van der Waals surface area (Å²) in [6, 6.07) is 11.8. The van der Waals surface area contributed by atoms with Gasteiger partial charge in [0.1, 0.15) is 0 Å². The fourth-order valence-electron chi connectivity index (χ4n) is 2.89. The van der Waals surface area contributed by atoms with Crippen LogP contribution in [0.2, 0.25) is 10.0 Å². The molecule has 1 heterocycles. The Kier molecular flexibility index (Phi) is 7.36. The number of rotatable bonds is 7. The van der Waals surface area contributed by atoms with Gasteiger partial charge < -0.3 is 9.47 Å². The maximum absolute atomic E-state index is 12.3. The second-order valence-electron chi connectivity index (χ2n) is 6.68. The van der Waals surface area contributed by atoms with Crippen molar-refractivity contribution in [3.63, 3.8) is 0 Å². The maximum Gasteiger partial charge on any atom is 0.297 e. The van der Waals surface area contributed by atoms with Crippen LogP contribution < -0.4 is 0 Å². The Hall–Kier alpha value is -1.15. The van der Waals surface area contributed by atoms with Crippen molar-refractivity contribution < 1.29 is 22.1 Å². The lowest BCUT2D eigenvalue weighted by atomic mass is 10.1. The number of ether oxygens (including phenoxy) is 2. The second kappa shape index (κ2) is 9.57. The van der Waals surface area contributed by atoms with E-state index in [1.165, 1.54) is 12.1 Å². The van der Waals surface area contributed by atoms with Gasteiger partial charge in [0.2, 0.25) is 0 Å². The molecule has 1 aliphatic rings. The van der Waals surface area contributed by atoms with Gasteiger partial charge >= 0.3 is 0 Å². The molecule has 1 aliphatic heterocycles. The Morgan fingerprint density at radius 2 is 1.75 bits per heavy atom. The Bertz CT molecular complexity index is 879. The lowest BCUT2D eigenvalue weighted by Gasteiger charge is -2.29. The Balaban J connectivity index is 1.53. The molecule has 1 saturated heterocycles. The standard InChI is InChI=1S/C20H22Cl2O5S/c1-14-8-10-16(11-9-14)28(23,24)26-12-15-4-2-7-20(27-15)25-13-17-18(21)5-3-6-19(17)22/h3,5-6,8-11,15,20H,2,4,7,12-13H2,1H3/t15-,20-/m1/s1. The van der Waals surface area contributed by atoms with Crippen LogP contribution in [0.1, 0.15) is 30.4 Å². The summed E-state index contributed by atoms with van der Waals surface area (Å²) in [4.78, 5) is 0.134. The normalized spacial score (nSPS) is 20.2. The highest BCUT2D eigenvalue weighted by atomic mass is 35.5. The molecule has 28 heavy (non-hydrogen) atoms. The first-order chi connectivity index (χ1) is 13.3. The topological polar surface area (TPSA) is 61.8 Å². The third-order valence-corrected chi connectivity index (χ3v) is 6.51. The van der Waals surface area contributed by atoms with Gasteiger partial charge in [0.15, 0.2) is 6.29 Å². The maximum atomic E-state index is 12.3. The summed E-state index contributed by atoms with van der Waals surface area (Å²) in [6.45, 7) is 2.06. The molecule has 0 N–H and O–H groups in total. The molecule has 2 aromatic carbocycles. The summed E-state index contributed by atoms with van der Waals surface area (Å²) in [6.07, 6.45) is 1.44. The van der Waals surface area contributed by atoms with E-state index in [-0.39, 0.29) is 24.2 Å². The first kappa shape index (κ1) is 21.6. The summed E-state index contributed by atoms with van der Waals surface area (Å²) >= 11 is 12.3. The zero-order valence-electron chi connectivity index (χ0n) is 15.4. The van der Waals surface area contributed by atoms with E-state index in [9.17, 15) is 8.42 Å². The lowest BCUT2D eigenvalue weighted by Crippen LogP contribution is -2.33. The van der Waals surface area contributed by atoms with Gasteiger partial charge in [0.05, 0.1) is 24.2 Å². The van der Waals surface area contributed by atoms with Gasteiger partial charge in [-0.25, -0.2) is 0 Å². The molecule has 152 valence electrons. The fourth-order valence-corrected chi connectivity index (χ4v) is 4.34. The molecule has 2 atom stereocenters. The smallest absolute Gasteiger partial charge is 0.297 e. The van der Waals surface area contributed by atoms with Gasteiger partial charge in [0.25, 0.3) is 10.1 Å². The summed E-state index contributed by atoms with van der Waals surface area (Å²) in [5.41, 5.74) is 1.68. The fraction of sp³-hybridized carbons (Fsp3) is 0.400. The van der Waals surface area contributed by atoms with E-state index in [4.69, 9.17) is 36.9 Å². The molecule has 2 aromatic rings. The average molecular weight is 445 g/mol. The molecule has 0 bridgehead atoms. The highest BCUT2D eigenvalue weighted by Crippen LogP contribution is 2.28. The van der Waals surface area contributed by atoms with E-state index in [2.05, 4.69) is 0 Å². The van der Waals surface area contributed by atoms with E-state index in [1.807, 2.05) is 6.92 Å². The summed E-state index contributed by atoms with van der Waals surface area (Å²) in [5.74, 6) is 0. The van der Waals surface area contributed by atoms with Gasteiger partial charge in [-0.05, 0) is 50.5 Å². The first-order valence-corrected chi connectivity index (χ1v) is 11.2. The average Bonchev–Trinajstić information content (AvgIpc) is 2.67. The minimum absolute atomic E-state index is 0.0527. The molecule has 1 fully saturated rings. The zero-order chi connectivity index (χ0) is 20.1. The van der Waals surface area contributed by atoms with Crippen molar-refractivity contribution in [1.82, 2.24) is 0 Å². The number of halogens is 2. The predicted octanol–water partition coefficient (Wildman–Crippen LogP) is 5.12. The van der Waals surface area contributed by atoms with Crippen LogP contribution in [0.3, 0.4) is 0 Å². The monoisotopic (exact) mass is 444 g/mol. The molecule has 5 nitrogen and oxygen atoms in total. The van der Waals surface area contributed by atoms with Gasteiger partial charge in [-0.2, -0.15) is 8.42 Å². The van der Waals surface area contributed by atoms with E-state index < -0.39 is 16.4 Å². The third kappa shape index (κ3) is 5.69. The molecule has 0 spiro atoms. The van der Waals surface area contributed by atoms with Gasteiger partial charge in [-0.15, -0.1) is 0 Å². The molecular weight excluding hydrogens is 423 g/mol. The van der Waals surface area contributed by atoms with E-state index >= 15 is 0 Å². The van der Waals surface area contributed by atoms with Crippen molar-refractivity contribution in [1.29, 1.82) is 0 Å². The van der Waals surface area contributed by atoms with Crippen molar-refractivity contribution in [2.75, 3.05) is 6.61 Å². The minimum atomic E-state index is -3.82. The quantitative estimate of drug-likeness (QED) is 0.554. The Morgan fingerprint density at radius 1 is 1.07 bits per heavy atom. The van der Waals surface area contributed by atoms with Crippen LogP contribution in [0, 0.1) is 6.92 Å². The molecular formula is C20H22Cl2O5S. The van der Waals surface area contributed by atoms with Crippen LogP contribution in [0.4, 0.5) is 0 Å². The van der Waals surface area contributed by atoms with Gasteiger partial charge in [0, 0.05) is 15.6 Å². The van der Waals surface area contributed by atoms with Gasteiger partial charge in [-0.3, -0.25) is 4.18 Å². The molecule has 0 amide bonds. The van der Waals surface area contributed by atoms with E-state index in [0.717, 1.165) is 12.0 Å². The Morgan fingerprint density at radius 3 is 2.43 bits per heavy atom. The van der Waals surface area contributed by atoms with Gasteiger partial charge in [-0.1, -0.05) is 47.0 Å². The molecule has 0 aromatic heterocycles. The SMILES string of the molecule is Cc1ccc(S(=O)(=O)OC[C@H]2CCC[C@H](OCc3c(Cl)cccc3Cl)O2)cc1. The van der Waals surface area contributed by atoms with Crippen molar-refractivity contribution in [2.45, 2.75) is 50.1 Å². The molecule has 0 unspecified atom stereocenters. The second-order valence-corrected chi connectivity index (χ2v) is 9.11. The molecule has 8 heteroatoms. The largest absolute Gasteiger partial charge is 0.348 e. The number of benzene rings is 2. The summed E-state index contributed by atoms with van der Waals surface area (Å²) in [7, 11) is -3.82. The zero-order valence-corrected chi connectivity index (χ0v) is 17.8. The number of aryl methyl sites for hydroxylation is 1. The third-order valence-electron chi connectivity index (χ3n) is 4.50. The van der Waals surface area contributed by atoms with Crippen LogP contribution in [-0.4, -0.2) is 27.4 Å². The van der Waals surface area contributed by atoms with Crippen molar-refractivity contribution in [2.24, 2.45) is 0 Å². The Labute approximate surface area is 175 Å².